The molecule has 0 N–H and O–H groups in total. The van der Waals surface area contributed by atoms with Crippen molar-refractivity contribution in [3.63, 3.8) is 0 Å². The summed E-state index contributed by atoms with van der Waals surface area (Å²) >= 11 is 0. The maximum atomic E-state index is 13.3. The highest BCUT2D eigenvalue weighted by molar-refractivity contribution is 5.97. The molecule has 9 heteroatoms. The molecule has 1 unspecified atom stereocenters. The van der Waals surface area contributed by atoms with Gasteiger partial charge in [-0.2, -0.15) is 5.10 Å². The number of carbonyl (C=O) groups is 1. The molecule has 1 aliphatic heterocycles. The number of aromatic nitrogens is 4. The molecule has 9 nitrogen and oxygen atoms in total. The van der Waals surface area contributed by atoms with E-state index in [9.17, 15) is 4.79 Å². The number of hydrogen-bond acceptors (Lipinski definition) is 7. The zero-order valence-corrected chi connectivity index (χ0v) is 21.2. The van der Waals surface area contributed by atoms with Crippen molar-refractivity contribution in [2.24, 2.45) is 7.05 Å². The van der Waals surface area contributed by atoms with E-state index in [1.165, 1.54) is 6.33 Å². The summed E-state index contributed by atoms with van der Waals surface area (Å²) in [5.74, 6) is 0.763. The molecule has 0 aliphatic carbocycles. The van der Waals surface area contributed by atoms with Crippen LogP contribution in [0.15, 0.2) is 55.0 Å². The van der Waals surface area contributed by atoms with E-state index < -0.39 is 6.09 Å². The van der Waals surface area contributed by atoms with Crippen molar-refractivity contribution in [2.75, 3.05) is 27.2 Å². The third-order valence-electron chi connectivity index (χ3n) is 6.56. The van der Waals surface area contributed by atoms with Crippen molar-refractivity contribution in [3.05, 3.63) is 55.0 Å². The Kier molecular flexibility index (Phi) is 6.32. The van der Waals surface area contributed by atoms with Gasteiger partial charge in [0.05, 0.1) is 18.3 Å². The predicted octanol–water partition coefficient (Wildman–Crippen LogP) is 4.23. The average molecular weight is 487 g/mol. The first-order chi connectivity index (χ1) is 17.4. The largest absolute Gasteiger partial charge is 0.493 e. The van der Waals surface area contributed by atoms with E-state index in [0.29, 0.717) is 22.7 Å². The van der Waals surface area contributed by atoms with Crippen molar-refractivity contribution in [3.8, 4) is 34.0 Å². The Morgan fingerprint density at radius 2 is 1.69 bits per heavy atom. The molecule has 0 radical (unpaired) electrons. The smallest absolute Gasteiger partial charge is 0.415 e. The van der Waals surface area contributed by atoms with Gasteiger partial charge in [0.2, 0.25) is 0 Å². The Hall–Kier alpha value is -3.98. The number of nitrogens with zero attached hydrogens (tertiary/aromatic N) is 6. The highest BCUT2D eigenvalue weighted by Gasteiger charge is 2.33. The molecule has 2 aromatic heterocycles. The lowest BCUT2D eigenvalue weighted by Crippen LogP contribution is -2.58. The number of carbonyl (C=O) groups excluding carboxylic acids is 1. The fourth-order valence-corrected chi connectivity index (χ4v) is 5.08. The van der Waals surface area contributed by atoms with Gasteiger partial charge in [0, 0.05) is 61.0 Å². The molecule has 1 aliphatic rings. The second kappa shape index (κ2) is 9.58. The fraction of sp³-hybridized carbons (Fsp3) is 0.333. The summed E-state index contributed by atoms with van der Waals surface area (Å²) in [6.07, 6.45) is 3.07. The van der Waals surface area contributed by atoms with Crippen LogP contribution in [0.4, 0.5) is 4.79 Å². The first-order valence-corrected chi connectivity index (χ1v) is 12.0. The maximum Gasteiger partial charge on any atom is 0.415 e. The lowest BCUT2D eigenvalue weighted by atomic mass is 10.0. The number of hydrogen-bond donors (Lipinski definition) is 0. The molecule has 36 heavy (non-hydrogen) atoms. The second-order valence-electron chi connectivity index (χ2n) is 9.37. The number of likely N-dealkylation sites (N-methyl/N-ethyl adjacent to an activating group) is 1. The van der Waals surface area contributed by atoms with Gasteiger partial charge >= 0.3 is 6.09 Å². The third kappa shape index (κ3) is 4.37. The van der Waals surface area contributed by atoms with Crippen LogP contribution >= 0.6 is 0 Å². The van der Waals surface area contributed by atoms with Gasteiger partial charge in [-0.3, -0.25) is 9.58 Å². The van der Waals surface area contributed by atoms with Crippen LogP contribution in [0, 0.1) is 0 Å². The second-order valence-corrected chi connectivity index (χ2v) is 9.37. The summed E-state index contributed by atoms with van der Waals surface area (Å²) < 4.78 is 13.3. The lowest BCUT2D eigenvalue weighted by Gasteiger charge is -2.42. The first kappa shape index (κ1) is 23.7. The van der Waals surface area contributed by atoms with Crippen molar-refractivity contribution in [1.82, 2.24) is 29.5 Å². The number of ether oxygens (including phenoxy) is 2. The molecule has 1 saturated heterocycles. The number of amides is 1. The Bertz CT molecular complexity index is 1390. The van der Waals surface area contributed by atoms with E-state index in [0.717, 1.165) is 35.3 Å². The summed E-state index contributed by atoms with van der Waals surface area (Å²) in [7, 11) is 5.50. The van der Waals surface area contributed by atoms with Crippen LogP contribution in [0.1, 0.15) is 13.8 Å². The summed E-state index contributed by atoms with van der Waals surface area (Å²) in [6, 6.07) is 13.6. The average Bonchev–Trinajstić information content (AvgIpc) is 3.24. The molecule has 5 rings (SSSR count). The van der Waals surface area contributed by atoms with E-state index in [2.05, 4.69) is 27.0 Å². The van der Waals surface area contributed by atoms with Crippen LogP contribution in [0.25, 0.3) is 33.4 Å². The third-order valence-corrected chi connectivity index (χ3v) is 6.56. The number of piperazine rings is 1. The molecule has 0 bridgehead atoms. The minimum atomic E-state index is -0.398. The fourth-order valence-electron chi connectivity index (χ4n) is 5.08. The minimum absolute atomic E-state index is 0.0282. The summed E-state index contributed by atoms with van der Waals surface area (Å²) in [4.78, 5) is 26.4. The standard InChI is InChI=1S/C27H30N6O3/c1-17-13-31(3)14-18(2)33(17)27(34)36-24-11-20-22(12-23(24)35-5)28-16-29-26(20)21-15-32(4)30-25(21)19-9-7-6-8-10-19/h6-12,15-18H,13-14H2,1-5H3/t17-,18?/m1/s1. The van der Waals surface area contributed by atoms with Crippen LogP contribution < -0.4 is 9.47 Å². The summed E-state index contributed by atoms with van der Waals surface area (Å²) in [5.41, 5.74) is 4.04. The van der Waals surface area contributed by atoms with Gasteiger partial charge in [0.25, 0.3) is 0 Å². The zero-order chi connectivity index (χ0) is 25.4. The van der Waals surface area contributed by atoms with E-state index in [-0.39, 0.29) is 12.1 Å². The van der Waals surface area contributed by atoms with Crippen molar-refractivity contribution in [2.45, 2.75) is 25.9 Å². The molecule has 1 fully saturated rings. The maximum absolute atomic E-state index is 13.3. The van der Waals surface area contributed by atoms with Gasteiger partial charge < -0.3 is 14.4 Å². The Morgan fingerprint density at radius 3 is 2.39 bits per heavy atom. The van der Waals surface area contributed by atoms with Gasteiger partial charge in [-0.15, -0.1) is 0 Å². The number of aryl methyl sites for hydroxylation is 1. The quantitative estimate of drug-likeness (QED) is 0.427. The van der Waals surface area contributed by atoms with E-state index in [4.69, 9.17) is 9.47 Å². The molecule has 3 heterocycles. The Labute approximate surface area is 210 Å². The van der Waals surface area contributed by atoms with E-state index in [1.807, 2.05) is 57.4 Å². The molecule has 2 aromatic carbocycles. The highest BCUT2D eigenvalue weighted by atomic mass is 16.6. The first-order valence-electron chi connectivity index (χ1n) is 12.0. The summed E-state index contributed by atoms with van der Waals surface area (Å²) in [5, 5.41) is 5.43. The highest BCUT2D eigenvalue weighted by Crippen LogP contribution is 2.38. The molecule has 0 spiro atoms. The van der Waals surface area contributed by atoms with Gasteiger partial charge in [0.15, 0.2) is 11.5 Å². The zero-order valence-electron chi connectivity index (χ0n) is 21.2. The minimum Gasteiger partial charge on any atom is -0.493 e. The molecule has 1 amide bonds. The topological polar surface area (TPSA) is 85.6 Å². The van der Waals surface area contributed by atoms with Crippen LogP contribution in [0.3, 0.4) is 0 Å². The SMILES string of the molecule is COc1cc2ncnc(-c3cn(C)nc3-c3ccccc3)c2cc1OC(=O)N1C(C)CN(C)C[C@H]1C. The molecular formula is C27H30N6O3. The van der Waals surface area contributed by atoms with E-state index in [1.54, 1.807) is 28.8 Å². The molecule has 186 valence electrons. The van der Waals surface area contributed by atoms with Gasteiger partial charge in [-0.05, 0) is 27.0 Å². The molecule has 2 atom stereocenters. The van der Waals surface area contributed by atoms with Gasteiger partial charge in [0.1, 0.15) is 12.0 Å². The number of benzene rings is 2. The van der Waals surface area contributed by atoms with Crippen LogP contribution in [0.5, 0.6) is 11.5 Å². The van der Waals surface area contributed by atoms with E-state index >= 15 is 0 Å². The van der Waals surface area contributed by atoms with Gasteiger partial charge in [-0.1, -0.05) is 30.3 Å². The Balaban J connectivity index is 1.58. The Morgan fingerprint density at radius 1 is 0.972 bits per heavy atom. The predicted molar refractivity (Wildman–Crippen MR) is 138 cm³/mol. The monoisotopic (exact) mass is 486 g/mol. The van der Waals surface area contributed by atoms with Crippen molar-refractivity contribution >= 4 is 17.0 Å². The molecule has 4 aromatic rings. The number of methoxy groups -OCH3 is 1. The molecule has 0 saturated carbocycles. The van der Waals surface area contributed by atoms with Crippen molar-refractivity contribution in [1.29, 1.82) is 0 Å². The molecular weight excluding hydrogens is 456 g/mol. The van der Waals surface area contributed by atoms with Gasteiger partial charge in [-0.25, -0.2) is 14.8 Å². The lowest BCUT2D eigenvalue weighted by molar-refractivity contribution is 0.0552. The summed E-state index contributed by atoms with van der Waals surface area (Å²) in [6.45, 7) is 5.64. The van der Waals surface area contributed by atoms with Crippen LogP contribution in [0.2, 0.25) is 0 Å². The van der Waals surface area contributed by atoms with Crippen molar-refractivity contribution < 1.29 is 14.3 Å². The van der Waals surface area contributed by atoms with Crippen LogP contribution in [-0.2, 0) is 7.05 Å². The number of rotatable bonds is 4. The normalized spacial score (nSPS) is 18.4. The van der Waals surface area contributed by atoms with Crippen LogP contribution in [-0.4, -0.2) is 75.0 Å². The number of fused-ring (bicyclic) bond motifs is 1.